The first kappa shape index (κ1) is 16.7. The van der Waals surface area contributed by atoms with Crippen molar-refractivity contribution in [2.24, 2.45) is 0 Å². The Morgan fingerprint density at radius 2 is 1.91 bits per heavy atom. The number of imide groups is 1. The first-order valence-corrected chi connectivity index (χ1v) is 8.30. The van der Waals surface area contributed by atoms with Gasteiger partial charge in [-0.05, 0) is 18.2 Å². The Morgan fingerprint density at radius 3 is 2.55 bits per heavy atom. The molecule has 22 heavy (non-hydrogen) atoms. The maximum absolute atomic E-state index is 12.4. The van der Waals surface area contributed by atoms with Crippen molar-refractivity contribution in [1.82, 2.24) is 4.90 Å². The molecule has 7 nitrogen and oxygen atoms in total. The summed E-state index contributed by atoms with van der Waals surface area (Å²) in [6.45, 7) is 0. The molecule has 0 fully saturated rings. The van der Waals surface area contributed by atoms with E-state index in [1.807, 2.05) is 0 Å². The van der Waals surface area contributed by atoms with Gasteiger partial charge in [0.05, 0.1) is 24.8 Å². The minimum atomic E-state index is -4.15. The van der Waals surface area contributed by atoms with Gasteiger partial charge in [-0.15, -0.1) is 0 Å². The van der Waals surface area contributed by atoms with Crippen LogP contribution in [0.2, 0.25) is 10.0 Å². The molecule has 2 rings (SSSR count). The number of sulfonamides is 1. The SMILES string of the molecule is CN1C(=O)C(S(=O)(=O)Nc2cc(Cl)ccc2Cl)C=[N+](C)C1=O. The predicted molar refractivity (Wildman–Crippen MR) is 83.2 cm³/mol. The van der Waals surface area contributed by atoms with Gasteiger partial charge in [0.15, 0.2) is 0 Å². The van der Waals surface area contributed by atoms with Crippen LogP contribution in [0.5, 0.6) is 0 Å². The van der Waals surface area contributed by atoms with Crippen molar-refractivity contribution in [3.8, 4) is 0 Å². The van der Waals surface area contributed by atoms with Gasteiger partial charge < -0.3 is 0 Å². The molecule has 0 saturated carbocycles. The smallest absolute Gasteiger partial charge is 0.281 e. The zero-order valence-electron chi connectivity index (χ0n) is 11.6. The summed E-state index contributed by atoms with van der Waals surface area (Å²) in [5.41, 5.74) is 0.0533. The average molecular weight is 365 g/mol. The summed E-state index contributed by atoms with van der Waals surface area (Å²) >= 11 is 11.7. The van der Waals surface area contributed by atoms with E-state index in [2.05, 4.69) is 4.72 Å². The molecule has 10 heteroatoms. The highest BCUT2D eigenvalue weighted by Gasteiger charge is 2.46. The van der Waals surface area contributed by atoms with Crippen LogP contribution < -0.4 is 4.72 Å². The van der Waals surface area contributed by atoms with Crippen LogP contribution in [0.3, 0.4) is 0 Å². The highest BCUT2D eigenvalue weighted by Crippen LogP contribution is 2.27. The summed E-state index contributed by atoms with van der Waals surface area (Å²) in [6, 6.07) is 3.64. The highest BCUT2D eigenvalue weighted by molar-refractivity contribution is 7.94. The first-order chi connectivity index (χ1) is 10.1. The quantitative estimate of drug-likeness (QED) is 0.821. The third-order valence-electron chi connectivity index (χ3n) is 3.04. The van der Waals surface area contributed by atoms with Gasteiger partial charge in [0.2, 0.25) is 5.25 Å². The largest absolute Gasteiger partial charge is 0.500 e. The van der Waals surface area contributed by atoms with Crippen molar-refractivity contribution in [3.05, 3.63) is 28.2 Å². The van der Waals surface area contributed by atoms with Crippen molar-refractivity contribution in [1.29, 1.82) is 0 Å². The number of urea groups is 1. The zero-order valence-corrected chi connectivity index (χ0v) is 13.9. The lowest BCUT2D eigenvalue weighted by Gasteiger charge is -2.20. The molecule has 1 unspecified atom stereocenters. The van der Waals surface area contributed by atoms with Crippen LogP contribution in [0, 0.1) is 0 Å². The fourth-order valence-corrected chi connectivity index (χ4v) is 3.62. The lowest BCUT2D eigenvalue weighted by atomic mass is 10.3. The van der Waals surface area contributed by atoms with Crippen LogP contribution in [0.4, 0.5) is 10.5 Å². The molecule has 1 heterocycles. The fourth-order valence-electron chi connectivity index (χ4n) is 1.86. The van der Waals surface area contributed by atoms with Gasteiger partial charge in [-0.2, -0.15) is 9.69 Å². The summed E-state index contributed by atoms with van der Waals surface area (Å²) in [5, 5.41) is -1.13. The van der Waals surface area contributed by atoms with Gasteiger partial charge in [0.1, 0.15) is 6.21 Å². The van der Waals surface area contributed by atoms with E-state index in [-0.39, 0.29) is 15.7 Å². The standard InChI is InChI=1S/C12H12Cl2N3O4S/c1-16-6-10(11(18)17(2)12(16)19)22(20,21)15-9-5-7(13)3-4-8(9)14/h3-6,10,15H,1-2H3/q+1. The van der Waals surface area contributed by atoms with E-state index in [1.165, 1.54) is 32.3 Å². The molecular formula is C12H12Cl2N3O4S+. The Hall–Kier alpha value is -1.64. The molecule has 1 N–H and O–H groups in total. The number of rotatable bonds is 3. The van der Waals surface area contributed by atoms with Crippen LogP contribution >= 0.6 is 23.2 Å². The molecule has 1 aliphatic heterocycles. The Balaban J connectivity index is 2.40. The van der Waals surface area contributed by atoms with Gasteiger partial charge >= 0.3 is 11.9 Å². The number of carbonyl (C=O) groups excluding carboxylic acids is 2. The molecule has 1 aromatic rings. The first-order valence-electron chi connectivity index (χ1n) is 5.99. The lowest BCUT2D eigenvalue weighted by molar-refractivity contribution is -0.399. The molecular weight excluding hydrogens is 353 g/mol. The summed E-state index contributed by atoms with van der Waals surface area (Å²) in [7, 11) is -1.58. The van der Waals surface area contributed by atoms with Crippen molar-refractivity contribution in [3.63, 3.8) is 0 Å². The second-order valence-corrected chi connectivity index (χ2v) is 7.28. The summed E-state index contributed by atoms with van der Waals surface area (Å²) in [5.74, 6) is -0.853. The molecule has 3 amide bonds. The lowest BCUT2D eigenvalue weighted by Crippen LogP contribution is -2.54. The van der Waals surface area contributed by atoms with E-state index in [9.17, 15) is 18.0 Å². The Kier molecular flexibility index (Phi) is 4.46. The summed E-state index contributed by atoms with van der Waals surface area (Å²) < 4.78 is 28.0. The molecule has 1 aromatic carbocycles. The maximum atomic E-state index is 12.4. The fraction of sp³-hybridized carbons (Fsp3) is 0.250. The number of hydrogen-bond acceptors (Lipinski definition) is 4. The summed E-state index contributed by atoms with van der Waals surface area (Å²) in [4.78, 5) is 24.4. The number of halogens is 2. The molecule has 0 spiro atoms. The Morgan fingerprint density at radius 1 is 1.27 bits per heavy atom. The number of nitrogens with zero attached hydrogens (tertiary/aromatic N) is 2. The number of hydrogen-bond donors (Lipinski definition) is 1. The minimum Gasteiger partial charge on any atom is -0.281 e. The van der Waals surface area contributed by atoms with E-state index in [0.717, 1.165) is 15.7 Å². The zero-order chi connectivity index (χ0) is 16.7. The molecule has 0 saturated heterocycles. The van der Waals surface area contributed by atoms with Crippen molar-refractivity contribution >= 4 is 57.1 Å². The molecule has 118 valence electrons. The monoisotopic (exact) mass is 364 g/mol. The van der Waals surface area contributed by atoms with Crippen LogP contribution in [-0.4, -0.2) is 55.4 Å². The third kappa shape index (κ3) is 3.08. The molecule has 0 bridgehead atoms. The minimum absolute atomic E-state index is 0.0533. The number of nitrogens with one attached hydrogen (secondary N) is 1. The van der Waals surface area contributed by atoms with Crippen LogP contribution in [0.25, 0.3) is 0 Å². The topological polar surface area (TPSA) is 86.6 Å². The second-order valence-electron chi connectivity index (χ2n) is 4.63. The molecule has 1 aliphatic rings. The maximum Gasteiger partial charge on any atom is 0.500 e. The van der Waals surface area contributed by atoms with Crippen LogP contribution in [0.1, 0.15) is 0 Å². The number of carbonyl (C=O) groups is 2. The molecule has 1 atom stereocenters. The second kappa shape index (κ2) is 5.86. The molecule has 0 radical (unpaired) electrons. The van der Waals surface area contributed by atoms with Gasteiger partial charge in [-0.25, -0.2) is 17.8 Å². The van der Waals surface area contributed by atoms with Gasteiger partial charge in [0.25, 0.3) is 10.0 Å². The van der Waals surface area contributed by atoms with Crippen LogP contribution in [0.15, 0.2) is 18.2 Å². The predicted octanol–water partition coefficient (Wildman–Crippen LogP) is 1.41. The van der Waals surface area contributed by atoms with E-state index in [0.29, 0.717) is 0 Å². The van der Waals surface area contributed by atoms with E-state index < -0.39 is 27.2 Å². The third-order valence-corrected chi connectivity index (χ3v) is 5.10. The van der Waals surface area contributed by atoms with E-state index in [4.69, 9.17) is 23.2 Å². The van der Waals surface area contributed by atoms with Crippen molar-refractivity contribution in [2.45, 2.75) is 5.25 Å². The van der Waals surface area contributed by atoms with Crippen molar-refractivity contribution in [2.75, 3.05) is 18.8 Å². The highest BCUT2D eigenvalue weighted by atomic mass is 35.5. The molecule has 0 aliphatic carbocycles. The van der Waals surface area contributed by atoms with Gasteiger partial charge in [0, 0.05) is 5.02 Å². The number of amides is 3. The molecule has 0 aromatic heterocycles. The van der Waals surface area contributed by atoms with E-state index >= 15 is 0 Å². The van der Waals surface area contributed by atoms with Gasteiger partial charge in [-0.3, -0.25) is 4.72 Å². The number of anilines is 1. The van der Waals surface area contributed by atoms with E-state index in [1.54, 1.807) is 0 Å². The summed E-state index contributed by atoms with van der Waals surface area (Å²) in [6.07, 6.45) is 1.03. The normalized spacial score (nSPS) is 19.2. The Bertz CT molecular complexity index is 792. The van der Waals surface area contributed by atoms with Crippen molar-refractivity contribution < 1.29 is 22.6 Å². The number of benzene rings is 1. The van der Waals surface area contributed by atoms with Gasteiger partial charge in [-0.1, -0.05) is 23.2 Å². The Labute approximate surface area is 137 Å². The average Bonchev–Trinajstić information content (AvgIpc) is 2.44. The van der Waals surface area contributed by atoms with Crippen LogP contribution in [-0.2, 0) is 14.8 Å².